The van der Waals surface area contributed by atoms with Gasteiger partial charge in [-0.25, -0.2) is 0 Å². The Bertz CT molecular complexity index is 477. The van der Waals surface area contributed by atoms with Gasteiger partial charge in [-0.2, -0.15) is 0 Å². The first-order valence-corrected chi connectivity index (χ1v) is 7.58. The molecule has 0 saturated heterocycles. The highest BCUT2D eigenvalue weighted by atomic mass is 16.5. The SMILES string of the molecule is CCOCCCNC(C)C(=O)c1ccc2c(c1)NCCO2. The second-order valence-electron chi connectivity index (χ2n) is 5.08. The van der Waals surface area contributed by atoms with E-state index in [4.69, 9.17) is 9.47 Å². The van der Waals surface area contributed by atoms with Gasteiger partial charge >= 0.3 is 0 Å². The molecule has 0 fully saturated rings. The first kappa shape index (κ1) is 15.8. The van der Waals surface area contributed by atoms with Crippen LogP contribution in [0.25, 0.3) is 0 Å². The van der Waals surface area contributed by atoms with Gasteiger partial charge in [0.25, 0.3) is 0 Å². The van der Waals surface area contributed by atoms with E-state index >= 15 is 0 Å². The van der Waals surface area contributed by atoms with Crippen LogP contribution in [0.5, 0.6) is 5.75 Å². The van der Waals surface area contributed by atoms with E-state index in [1.165, 1.54) is 0 Å². The van der Waals surface area contributed by atoms with Crippen LogP contribution in [-0.4, -0.2) is 44.7 Å². The molecule has 21 heavy (non-hydrogen) atoms. The molecule has 1 aliphatic rings. The fraction of sp³-hybridized carbons (Fsp3) is 0.562. The maximum atomic E-state index is 12.4. The number of hydrogen-bond acceptors (Lipinski definition) is 5. The number of Topliss-reactive ketones (excluding diaryl/α,β-unsaturated/α-hetero) is 1. The van der Waals surface area contributed by atoms with E-state index in [2.05, 4.69) is 10.6 Å². The summed E-state index contributed by atoms with van der Waals surface area (Å²) in [6.07, 6.45) is 0.908. The highest BCUT2D eigenvalue weighted by Gasteiger charge is 2.17. The Morgan fingerprint density at radius 1 is 1.52 bits per heavy atom. The third kappa shape index (κ3) is 4.44. The molecule has 5 heteroatoms. The van der Waals surface area contributed by atoms with Gasteiger partial charge in [-0.1, -0.05) is 0 Å². The first-order chi connectivity index (χ1) is 10.2. The summed E-state index contributed by atoms with van der Waals surface area (Å²) in [5, 5.41) is 6.49. The van der Waals surface area contributed by atoms with Crippen molar-refractivity contribution in [2.45, 2.75) is 26.3 Å². The lowest BCUT2D eigenvalue weighted by molar-refractivity contribution is 0.0946. The summed E-state index contributed by atoms with van der Waals surface area (Å²) in [6, 6.07) is 5.35. The number of carbonyl (C=O) groups is 1. The minimum Gasteiger partial charge on any atom is -0.490 e. The summed E-state index contributed by atoms with van der Waals surface area (Å²) < 4.78 is 10.8. The summed E-state index contributed by atoms with van der Waals surface area (Å²) in [4.78, 5) is 12.4. The van der Waals surface area contributed by atoms with Crippen LogP contribution in [0.1, 0.15) is 30.6 Å². The average Bonchev–Trinajstić information content (AvgIpc) is 2.53. The van der Waals surface area contributed by atoms with Gasteiger partial charge in [0.1, 0.15) is 12.4 Å². The summed E-state index contributed by atoms with van der Waals surface area (Å²) in [5.41, 5.74) is 1.60. The molecule has 1 atom stereocenters. The molecular weight excluding hydrogens is 268 g/mol. The topological polar surface area (TPSA) is 59.6 Å². The fourth-order valence-electron chi connectivity index (χ4n) is 2.27. The van der Waals surface area contributed by atoms with E-state index in [1.54, 1.807) is 0 Å². The summed E-state index contributed by atoms with van der Waals surface area (Å²) in [7, 11) is 0. The molecule has 1 aromatic carbocycles. The molecule has 1 aliphatic heterocycles. The number of nitrogens with one attached hydrogen (secondary N) is 2. The standard InChI is InChI=1S/C16H24N2O3/c1-3-20-9-4-7-17-12(2)16(19)13-5-6-15-14(11-13)18-8-10-21-15/h5-6,11-12,17-18H,3-4,7-10H2,1-2H3. The number of benzene rings is 1. The normalized spacial score (nSPS) is 14.8. The number of ketones is 1. The molecule has 1 unspecified atom stereocenters. The van der Waals surface area contributed by atoms with Crippen molar-refractivity contribution in [1.29, 1.82) is 0 Å². The van der Waals surface area contributed by atoms with Crippen molar-refractivity contribution in [2.75, 3.05) is 38.2 Å². The van der Waals surface area contributed by atoms with Crippen LogP contribution in [-0.2, 0) is 4.74 Å². The quantitative estimate of drug-likeness (QED) is 0.567. The monoisotopic (exact) mass is 292 g/mol. The summed E-state index contributed by atoms with van der Waals surface area (Å²) in [5.74, 6) is 0.914. The zero-order valence-corrected chi connectivity index (χ0v) is 12.8. The number of ether oxygens (including phenoxy) is 2. The maximum Gasteiger partial charge on any atom is 0.179 e. The second kappa shape index (κ2) is 8.00. The van der Waals surface area contributed by atoms with Crippen LogP contribution in [0.4, 0.5) is 5.69 Å². The summed E-state index contributed by atoms with van der Waals surface area (Å²) in [6.45, 7) is 7.55. The smallest absolute Gasteiger partial charge is 0.179 e. The molecule has 2 rings (SSSR count). The van der Waals surface area contributed by atoms with Gasteiger partial charge in [-0.3, -0.25) is 4.79 Å². The molecule has 1 aromatic rings. The van der Waals surface area contributed by atoms with E-state index < -0.39 is 0 Å². The fourth-order valence-corrected chi connectivity index (χ4v) is 2.27. The number of hydrogen-bond donors (Lipinski definition) is 2. The first-order valence-electron chi connectivity index (χ1n) is 7.58. The van der Waals surface area contributed by atoms with Crippen molar-refractivity contribution in [3.05, 3.63) is 23.8 Å². The Kier molecular flexibility index (Phi) is 6.02. The van der Waals surface area contributed by atoms with E-state index in [-0.39, 0.29) is 11.8 Å². The molecule has 0 aliphatic carbocycles. The Hall–Kier alpha value is -1.59. The lowest BCUT2D eigenvalue weighted by Crippen LogP contribution is -2.35. The second-order valence-corrected chi connectivity index (χ2v) is 5.08. The van der Waals surface area contributed by atoms with Crippen molar-refractivity contribution in [3.8, 4) is 5.75 Å². The number of fused-ring (bicyclic) bond motifs is 1. The van der Waals surface area contributed by atoms with Crippen LogP contribution in [0.2, 0.25) is 0 Å². The van der Waals surface area contributed by atoms with Gasteiger partial charge in [0.2, 0.25) is 0 Å². The summed E-state index contributed by atoms with van der Waals surface area (Å²) >= 11 is 0. The number of carbonyl (C=O) groups excluding carboxylic acids is 1. The third-order valence-corrected chi connectivity index (χ3v) is 3.45. The molecule has 0 radical (unpaired) electrons. The Morgan fingerprint density at radius 2 is 2.38 bits per heavy atom. The zero-order valence-electron chi connectivity index (χ0n) is 12.8. The molecule has 5 nitrogen and oxygen atoms in total. The average molecular weight is 292 g/mol. The largest absolute Gasteiger partial charge is 0.490 e. The predicted molar refractivity (Wildman–Crippen MR) is 83.3 cm³/mol. The molecule has 116 valence electrons. The van der Waals surface area contributed by atoms with Gasteiger partial charge in [0.05, 0.1) is 11.7 Å². The number of anilines is 1. The van der Waals surface area contributed by atoms with Gasteiger partial charge in [0.15, 0.2) is 5.78 Å². The van der Waals surface area contributed by atoms with Crippen molar-refractivity contribution < 1.29 is 14.3 Å². The van der Waals surface area contributed by atoms with Gasteiger partial charge in [-0.15, -0.1) is 0 Å². The molecule has 1 heterocycles. The Morgan fingerprint density at radius 3 is 3.19 bits per heavy atom. The lowest BCUT2D eigenvalue weighted by Gasteiger charge is -2.20. The highest BCUT2D eigenvalue weighted by molar-refractivity contribution is 6.01. The van der Waals surface area contributed by atoms with Crippen molar-refractivity contribution in [3.63, 3.8) is 0 Å². The maximum absolute atomic E-state index is 12.4. The van der Waals surface area contributed by atoms with Crippen molar-refractivity contribution >= 4 is 11.5 Å². The van der Waals surface area contributed by atoms with Crippen molar-refractivity contribution in [2.24, 2.45) is 0 Å². The molecule has 0 aromatic heterocycles. The minimum atomic E-state index is -0.200. The van der Waals surface area contributed by atoms with Crippen LogP contribution >= 0.6 is 0 Å². The third-order valence-electron chi connectivity index (χ3n) is 3.45. The zero-order chi connectivity index (χ0) is 15.1. The molecule has 0 spiro atoms. The lowest BCUT2D eigenvalue weighted by atomic mass is 10.0. The van der Waals surface area contributed by atoms with Crippen LogP contribution in [0.15, 0.2) is 18.2 Å². The van der Waals surface area contributed by atoms with E-state index in [1.807, 2.05) is 32.0 Å². The Balaban J connectivity index is 1.87. The molecule has 0 bridgehead atoms. The van der Waals surface area contributed by atoms with Crippen LogP contribution in [0, 0.1) is 0 Å². The van der Waals surface area contributed by atoms with Crippen LogP contribution < -0.4 is 15.4 Å². The van der Waals surface area contributed by atoms with Crippen molar-refractivity contribution in [1.82, 2.24) is 5.32 Å². The minimum absolute atomic E-state index is 0.0987. The van der Waals surface area contributed by atoms with E-state index in [0.717, 1.165) is 44.2 Å². The molecule has 0 amide bonds. The highest BCUT2D eigenvalue weighted by Crippen LogP contribution is 2.28. The Labute approximate surface area is 126 Å². The molecule has 2 N–H and O–H groups in total. The van der Waals surface area contributed by atoms with Gasteiger partial charge in [-0.05, 0) is 45.0 Å². The van der Waals surface area contributed by atoms with Gasteiger partial charge < -0.3 is 20.1 Å². The van der Waals surface area contributed by atoms with E-state index in [9.17, 15) is 4.79 Å². The predicted octanol–water partition coefficient (Wildman–Crippen LogP) is 2.08. The molecular formula is C16H24N2O3. The molecule has 0 saturated carbocycles. The van der Waals surface area contributed by atoms with Gasteiger partial charge in [0, 0.05) is 25.3 Å². The van der Waals surface area contributed by atoms with E-state index in [0.29, 0.717) is 12.2 Å². The van der Waals surface area contributed by atoms with Crippen LogP contribution in [0.3, 0.4) is 0 Å². The number of rotatable bonds is 8.